The van der Waals surface area contributed by atoms with Crippen LogP contribution in [0, 0.1) is 0 Å². The maximum Gasteiger partial charge on any atom is 0.314 e. The van der Waals surface area contributed by atoms with E-state index < -0.39 is 0 Å². The fourth-order valence-electron chi connectivity index (χ4n) is 0.811. The molecule has 0 radical (unpaired) electrons. The number of aromatic nitrogens is 1. The zero-order valence-electron chi connectivity index (χ0n) is 7.95. The Morgan fingerprint density at radius 3 is 3.21 bits per heavy atom. The number of thioether (sulfide) groups is 1. The quantitative estimate of drug-likeness (QED) is 0.751. The van der Waals surface area contributed by atoms with E-state index in [1.807, 2.05) is 10.9 Å². The number of carbonyl (C=O) groups is 1. The first-order valence-electron chi connectivity index (χ1n) is 4.23. The van der Waals surface area contributed by atoms with Crippen LogP contribution in [0.2, 0.25) is 0 Å². The van der Waals surface area contributed by atoms with Crippen LogP contribution in [0.1, 0.15) is 5.69 Å². The largest absolute Gasteiger partial charge is 0.341 e. The Kier molecular flexibility index (Phi) is 5.39. The monoisotopic (exact) mass is 231 g/mol. The molecule has 0 bridgehead atoms. The lowest BCUT2D eigenvalue weighted by molar-refractivity contribution is 0.243. The van der Waals surface area contributed by atoms with Gasteiger partial charge >= 0.3 is 6.03 Å². The summed E-state index contributed by atoms with van der Waals surface area (Å²) < 4.78 is 0. The maximum atomic E-state index is 10.8. The smallest absolute Gasteiger partial charge is 0.314 e. The Labute approximate surface area is 91.5 Å². The van der Waals surface area contributed by atoms with E-state index in [2.05, 4.69) is 15.6 Å². The first kappa shape index (κ1) is 11.3. The molecule has 0 aliphatic carbocycles. The van der Waals surface area contributed by atoms with E-state index in [1.54, 1.807) is 30.1 Å². The lowest BCUT2D eigenvalue weighted by atomic mass is 10.6. The predicted molar refractivity (Wildman–Crippen MR) is 60.7 cm³/mol. The molecular formula is C8H13N3OS2. The van der Waals surface area contributed by atoms with Crippen molar-refractivity contribution < 1.29 is 4.79 Å². The summed E-state index contributed by atoms with van der Waals surface area (Å²) in [7, 11) is 1.61. The summed E-state index contributed by atoms with van der Waals surface area (Å²) in [6, 6.07) is -0.126. The van der Waals surface area contributed by atoms with Gasteiger partial charge in [0, 0.05) is 30.5 Å². The lowest BCUT2D eigenvalue weighted by Crippen LogP contribution is -2.34. The van der Waals surface area contributed by atoms with Crippen molar-refractivity contribution in [3.63, 3.8) is 0 Å². The van der Waals surface area contributed by atoms with Crippen molar-refractivity contribution in [2.45, 2.75) is 5.75 Å². The number of nitrogens with one attached hydrogen (secondary N) is 2. The van der Waals surface area contributed by atoms with Gasteiger partial charge in [0.1, 0.15) is 0 Å². The molecular weight excluding hydrogens is 218 g/mol. The number of rotatable bonds is 5. The number of carbonyl (C=O) groups excluding carboxylic acids is 1. The highest BCUT2D eigenvalue weighted by molar-refractivity contribution is 7.98. The molecule has 0 fully saturated rings. The summed E-state index contributed by atoms with van der Waals surface area (Å²) in [5.74, 6) is 1.82. The first-order valence-corrected chi connectivity index (χ1v) is 6.33. The van der Waals surface area contributed by atoms with Gasteiger partial charge in [-0.15, -0.1) is 11.3 Å². The SMILES string of the molecule is CNC(=O)NCCSCc1cscn1. The van der Waals surface area contributed by atoms with Gasteiger partial charge in [0.2, 0.25) is 0 Å². The topological polar surface area (TPSA) is 54.0 Å². The minimum atomic E-state index is -0.126. The van der Waals surface area contributed by atoms with Gasteiger partial charge in [-0.2, -0.15) is 11.8 Å². The Morgan fingerprint density at radius 2 is 2.57 bits per heavy atom. The molecule has 0 atom stereocenters. The zero-order valence-corrected chi connectivity index (χ0v) is 9.58. The molecule has 0 spiro atoms. The van der Waals surface area contributed by atoms with Crippen molar-refractivity contribution in [1.82, 2.24) is 15.6 Å². The van der Waals surface area contributed by atoms with E-state index in [0.717, 1.165) is 17.2 Å². The zero-order chi connectivity index (χ0) is 10.2. The molecule has 2 amide bonds. The molecule has 0 saturated heterocycles. The molecule has 14 heavy (non-hydrogen) atoms. The summed E-state index contributed by atoms with van der Waals surface area (Å²) in [5.41, 5.74) is 2.94. The average molecular weight is 231 g/mol. The van der Waals surface area contributed by atoms with Crippen molar-refractivity contribution in [2.75, 3.05) is 19.3 Å². The minimum absolute atomic E-state index is 0.126. The Hall–Kier alpha value is -0.750. The van der Waals surface area contributed by atoms with E-state index in [0.29, 0.717) is 6.54 Å². The standard InChI is InChI=1S/C8H13N3OS2/c1-9-8(12)10-2-3-13-4-7-5-14-6-11-7/h5-6H,2-4H2,1H3,(H2,9,10,12). The second-order valence-corrected chi connectivity index (χ2v) is 4.36. The van der Waals surface area contributed by atoms with Crippen molar-refractivity contribution in [3.05, 3.63) is 16.6 Å². The molecule has 1 aromatic rings. The molecule has 0 aliphatic rings. The lowest BCUT2D eigenvalue weighted by Gasteiger charge is -2.02. The van der Waals surface area contributed by atoms with Crippen LogP contribution in [-0.2, 0) is 5.75 Å². The molecule has 0 aromatic carbocycles. The first-order chi connectivity index (χ1) is 6.83. The molecule has 0 aliphatic heterocycles. The third-order valence-electron chi connectivity index (χ3n) is 1.49. The van der Waals surface area contributed by atoms with E-state index in [1.165, 1.54) is 0 Å². The average Bonchev–Trinajstić information content (AvgIpc) is 2.69. The molecule has 1 rings (SSSR count). The minimum Gasteiger partial charge on any atom is -0.341 e. The molecule has 6 heteroatoms. The highest BCUT2D eigenvalue weighted by atomic mass is 32.2. The Bertz CT molecular complexity index is 264. The molecule has 0 unspecified atom stereocenters. The normalized spacial score (nSPS) is 9.79. The molecule has 4 nitrogen and oxygen atoms in total. The number of thiazole rings is 1. The van der Waals surface area contributed by atoms with E-state index in [4.69, 9.17) is 0 Å². The van der Waals surface area contributed by atoms with Crippen molar-refractivity contribution in [1.29, 1.82) is 0 Å². The van der Waals surface area contributed by atoms with Crippen LogP contribution >= 0.6 is 23.1 Å². The fourth-order valence-corrected chi connectivity index (χ4v) is 2.23. The van der Waals surface area contributed by atoms with Crippen LogP contribution in [0.5, 0.6) is 0 Å². The van der Waals surface area contributed by atoms with Gasteiger partial charge in [-0.3, -0.25) is 0 Å². The number of hydrogen-bond donors (Lipinski definition) is 2. The van der Waals surface area contributed by atoms with E-state index >= 15 is 0 Å². The number of amides is 2. The third-order valence-corrected chi connectivity index (χ3v) is 3.12. The number of nitrogens with zero attached hydrogens (tertiary/aromatic N) is 1. The van der Waals surface area contributed by atoms with Crippen LogP contribution in [0.4, 0.5) is 4.79 Å². The van der Waals surface area contributed by atoms with Gasteiger partial charge in [0.25, 0.3) is 0 Å². The van der Waals surface area contributed by atoms with Gasteiger partial charge in [0.15, 0.2) is 0 Å². The van der Waals surface area contributed by atoms with Crippen LogP contribution in [0.15, 0.2) is 10.9 Å². The summed E-state index contributed by atoms with van der Waals surface area (Å²) in [6.07, 6.45) is 0. The summed E-state index contributed by atoms with van der Waals surface area (Å²) in [6.45, 7) is 0.689. The van der Waals surface area contributed by atoms with Gasteiger partial charge in [-0.1, -0.05) is 0 Å². The number of urea groups is 1. The van der Waals surface area contributed by atoms with E-state index in [9.17, 15) is 4.79 Å². The Balaban J connectivity index is 1.97. The molecule has 78 valence electrons. The van der Waals surface area contributed by atoms with Crippen LogP contribution in [0.25, 0.3) is 0 Å². The Morgan fingerprint density at radius 1 is 1.71 bits per heavy atom. The molecule has 1 heterocycles. The molecule has 2 N–H and O–H groups in total. The van der Waals surface area contributed by atoms with Crippen LogP contribution in [0.3, 0.4) is 0 Å². The second kappa shape index (κ2) is 6.67. The van der Waals surface area contributed by atoms with Gasteiger partial charge < -0.3 is 10.6 Å². The van der Waals surface area contributed by atoms with Crippen LogP contribution < -0.4 is 10.6 Å². The van der Waals surface area contributed by atoms with E-state index in [-0.39, 0.29) is 6.03 Å². The van der Waals surface area contributed by atoms with Crippen LogP contribution in [-0.4, -0.2) is 30.4 Å². The third kappa shape index (κ3) is 4.48. The summed E-state index contributed by atoms with van der Waals surface area (Å²) in [5, 5.41) is 7.26. The molecule has 0 saturated carbocycles. The van der Waals surface area contributed by atoms with Crippen molar-refractivity contribution in [2.24, 2.45) is 0 Å². The predicted octanol–water partition coefficient (Wildman–Crippen LogP) is 1.31. The highest BCUT2D eigenvalue weighted by Gasteiger charge is 1.96. The highest BCUT2D eigenvalue weighted by Crippen LogP contribution is 2.10. The second-order valence-electron chi connectivity index (χ2n) is 2.54. The summed E-state index contributed by atoms with van der Waals surface area (Å²) in [4.78, 5) is 14.9. The van der Waals surface area contributed by atoms with Gasteiger partial charge in [0.05, 0.1) is 11.2 Å². The molecule has 1 aromatic heterocycles. The van der Waals surface area contributed by atoms with Gasteiger partial charge in [-0.25, -0.2) is 9.78 Å². The van der Waals surface area contributed by atoms with Gasteiger partial charge in [-0.05, 0) is 0 Å². The van der Waals surface area contributed by atoms with Crippen molar-refractivity contribution in [3.8, 4) is 0 Å². The fraction of sp³-hybridized carbons (Fsp3) is 0.500. The summed E-state index contributed by atoms with van der Waals surface area (Å²) >= 11 is 3.37. The maximum absolute atomic E-state index is 10.8. The van der Waals surface area contributed by atoms with Crippen molar-refractivity contribution >= 4 is 29.1 Å². The number of hydrogen-bond acceptors (Lipinski definition) is 4.